The van der Waals surface area contributed by atoms with Crippen LogP contribution in [0.5, 0.6) is 5.75 Å². The molecule has 0 atom stereocenters. The molecule has 2 aromatic rings. The first-order valence-electron chi connectivity index (χ1n) is 6.00. The van der Waals surface area contributed by atoms with E-state index in [1.165, 1.54) is 0 Å². The number of rotatable bonds is 4. The Morgan fingerprint density at radius 2 is 2.10 bits per heavy atom. The highest BCUT2D eigenvalue weighted by Gasteiger charge is 2.06. The highest BCUT2D eigenvalue weighted by Crippen LogP contribution is 2.24. The van der Waals surface area contributed by atoms with Crippen LogP contribution in [0.15, 0.2) is 40.9 Å². The Balaban J connectivity index is 2.21. The monoisotopic (exact) mass is 331 g/mol. The molecule has 4 nitrogen and oxygen atoms in total. The van der Waals surface area contributed by atoms with Crippen LogP contribution in [0, 0.1) is 11.3 Å². The van der Waals surface area contributed by atoms with Crippen molar-refractivity contribution in [3.63, 3.8) is 0 Å². The van der Waals surface area contributed by atoms with E-state index in [4.69, 9.17) is 15.7 Å². The Kier molecular flexibility index (Phi) is 4.49. The molecule has 0 bridgehead atoms. The molecule has 0 aliphatic heterocycles. The Morgan fingerprint density at radius 1 is 1.30 bits per heavy atom. The number of methoxy groups -OCH3 is 1. The summed E-state index contributed by atoms with van der Waals surface area (Å²) >= 11 is 3.35. The smallest absolute Gasteiger partial charge is 0.123 e. The van der Waals surface area contributed by atoms with E-state index in [0.717, 1.165) is 21.5 Å². The molecule has 0 heterocycles. The van der Waals surface area contributed by atoms with Crippen LogP contribution in [0.1, 0.15) is 11.1 Å². The van der Waals surface area contributed by atoms with Gasteiger partial charge in [0.05, 0.1) is 18.4 Å². The quantitative estimate of drug-likeness (QED) is 0.841. The Labute approximate surface area is 126 Å². The van der Waals surface area contributed by atoms with Crippen molar-refractivity contribution in [2.75, 3.05) is 18.2 Å². The van der Waals surface area contributed by atoms with Gasteiger partial charge in [0.15, 0.2) is 0 Å². The fourth-order valence-electron chi connectivity index (χ4n) is 1.89. The van der Waals surface area contributed by atoms with Gasteiger partial charge in [-0.1, -0.05) is 15.9 Å². The highest BCUT2D eigenvalue weighted by atomic mass is 79.9. The predicted octanol–water partition coefficient (Wildman–Crippen LogP) is 3.52. The van der Waals surface area contributed by atoms with E-state index in [9.17, 15) is 0 Å². The van der Waals surface area contributed by atoms with E-state index in [2.05, 4.69) is 27.3 Å². The van der Waals surface area contributed by atoms with Crippen molar-refractivity contribution in [2.45, 2.75) is 6.54 Å². The minimum atomic E-state index is 0.532. The van der Waals surface area contributed by atoms with Gasteiger partial charge in [-0.25, -0.2) is 0 Å². The van der Waals surface area contributed by atoms with Gasteiger partial charge in [0.2, 0.25) is 0 Å². The summed E-state index contributed by atoms with van der Waals surface area (Å²) < 4.78 is 6.17. The summed E-state index contributed by atoms with van der Waals surface area (Å²) in [6.45, 7) is 0.532. The highest BCUT2D eigenvalue weighted by molar-refractivity contribution is 9.10. The number of nitriles is 1. The van der Waals surface area contributed by atoms with Crippen molar-refractivity contribution >= 4 is 27.3 Å². The van der Waals surface area contributed by atoms with E-state index in [0.29, 0.717) is 17.8 Å². The molecular formula is C15H14BrN3O. The Hall–Kier alpha value is -2.19. The molecule has 3 N–H and O–H groups in total. The Morgan fingerprint density at radius 3 is 2.80 bits per heavy atom. The fourth-order valence-corrected chi connectivity index (χ4v) is 2.25. The first-order valence-corrected chi connectivity index (χ1v) is 6.79. The lowest BCUT2D eigenvalue weighted by Gasteiger charge is -2.12. The SMILES string of the molecule is COc1ccc(N)cc1CNc1ccc(Br)cc1C#N. The lowest BCUT2D eigenvalue weighted by Crippen LogP contribution is -2.04. The van der Waals surface area contributed by atoms with Gasteiger partial charge < -0.3 is 15.8 Å². The van der Waals surface area contributed by atoms with Crippen LogP contribution in [-0.4, -0.2) is 7.11 Å². The van der Waals surface area contributed by atoms with Crippen molar-refractivity contribution in [3.8, 4) is 11.8 Å². The summed E-state index contributed by atoms with van der Waals surface area (Å²) in [6.07, 6.45) is 0. The van der Waals surface area contributed by atoms with Gasteiger partial charge in [0.1, 0.15) is 11.8 Å². The maximum Gasteiger partial charge on any atom is 0.123 e. The number of nitrogen functional groups attached to an aromatic ring is 1. The fraction of sp³-hybridized carbons (Fsp3) is 0.133. The van der Waals surface area contributed by atoms with Gasteiger partial charge in [0.25, 0.3) is 0 Å². The van der Waals surface area contributed by atoms with Crippen LogP contribution in [0.2, 0.25) is 0 Å². The third-order valence-corrected chi connectivity index (χ3v) is 3.37. The summed E-state index contributed by atoms with van der Waals surface area (Å²) in [5, 5.41) is 12.4. The van der Waals surface area contributed by atoms with Crippen LogP contribution >= 0.6 is 15.9 Å². The summed E-state index contributed by atoms with van der Waals surface area (Å²) in [5.41, 5.74) is 8.77. The minimum Gasteiger partial charge on any atom is -0.496 e. The van der Waals surface area contributed by atoms with Crippen molar-refractivity contribution < 1.29 is 4.74 Å². The number of nitrogens with zero attached hydrogens (tertiary/aromatic N) is 1. The normalized spacial score (nSPS) is 9.85. The molecule has 0 aromatic heterocycles. The molecule has 20 heavy (non-hydrogen) atoms. The van der Waals surface area contributed by atoms with Crippen molar-refractivity contribution in [1.82, 2.24) is 0 Å². The molecular weight excluding hydrogens is 318 g/mol. The van der Waals surface area contributed by atoms with Crippen LogP contribution < -0.4 is 15.8 Å². The first-order chi connectivity index (χ1) is 9.63. The van der Waals surface area contributed by atoms with E-state index >= 15 is 0 Å². The molecule has 0 unspecified atom stereocenters. The summed E-state index contributed by atoms with van der Waals surface area (Å²) in [5.74, 6) is 0.766. The zero-order valence-electron chi connectivity index (χ0n) is 11.0. The number of anilines is 2. The van der Waals surface area contributed by atoms with E-state index < -0.39 is 0 Å². The van der Waals surface area contributed by atoms with Gasteiger partial charge >= 0.3 is 0 Å². The molecule has 0 saturated heterocycles. The van der Waals surface area contributed by atoms with Crippen LogP contribution in [-0.2, 0) is 6.54 Å². The van der Waals surface area contributed by atoms with Crippen molar-refractivity contribution in [2.24, 2.45) is 0 Å². The third-order valence-electron chi connectivity index (χ3n) is 2.88. The second-order valence-electron chi connectivity index (χ2n) is 4.23. The molecule has 0 fully saturated rings. The maximum atomic E-state index is 9.13. The second-order valence-corrected chi connectivity index (χ2v) is 5.14. The summed E-state index contributed by atoms with van der Waals surface area (Å²) in [7, 11) is 1.62. The number of benzene rings is 2. The van der Waals surface area contributed by atoms with Gasteiger partial charge in [-0.15, -0.1) is 0 Å². The van der Waals surface area contributed by atoms with Gasteiger partial charge in [0, 0.05) is 22.3 Å². The average molecular weight is 332 g/mol. The lowest BCUT2D eigenvalue weighted by molar-refractivity contribution is 0.410. The molecule has 0 amide bonds. The zero-order valence-corrected chi connectivity index (χ0v) is 12.6. The third kappa shape index (κ3) is 3.22. The van der Waals surface area contributed by atoms with Crippen molar-refractivity contribution in [3.05, 3.63) is 52.0 Å². The molecule has 2 aromatic carbocycles. The predicted molar refractivity (Wildman–Crippen MR) is 83.6 cm³/mol. The molecule has 0 spiro atoms. The topological polar surface area (TPSA) is 71.1 Å². The van der Waals surface area contributed by atoms with E-state index in [-0.39, 0.29) is 0 Å². The Bertz CT molecular complexity index is 665. The number of ether oxygens (including phenoxy) is 1. The largest absolute Gasteiger partial charge is 0.496 e. The maximum absolute atomic E-state index is 9.13. The number of nitrogens with two attached hydrogens (primary N) is 1. The number of halogens is 1. The summed E-state index contributed by atoms with van der Waals surface area (Å²) in [4.78, 5) is 0. The van der Waals surface area contributed by atoms with Crippen LogP contribution in [0.25, 0.3) is 0 Å². The first kappa shape index (κ1) is 14.2. The molecule has 0 saturated carbocycles. The molecule has 5 heteroatoms. The number of hydrogen-bond donors (Lipinski definition) is 2. The van der Waals surface area contributed by atoms with Gasteiger partial charge in [-0.05, 0) is 36.4 Å². The second kappa shape index (κ2) is 6.31. The number of nitrogens with one attached hydrogen (secondary N) is 1. The molecule has 0 radical (unpaired) electrons. The van der Waals surface area contributed by atoms with E-state index in [1.54, 1.807) is 19.2 Å². The molecule has 0 aliphatic carbocycles. The summed E-state index contributed by atoms with van der Waals surface area (Å²) in [6, 6.07) is 13.2. The standard InChI is InChI=1S/C15H14BrN3O/c1-20-15-5-3-13(18)7-11(15)9-19-14-4-2-12(16)6-10(14)8-17/h2-7,19H,9,18H2,1H3. The zero-order chi connectivity index (χ0) is 14.5. The minimum absolute atomic E-state index is 0.532. The van der Waals surface area contributed by atoms with Crippen LogP contribution in [0.3, 0.4) is 0 Å². The van der Waals surface area contributed by atoms with Crippen molar-refractivity contribution in [1.29, 1.82) is 5.26 Å². The average Bonchev–Trinajstić information content (AvgIpc) is 2.46. The van der Waals surface area contributed by atoms with Crippen LogP contribution in [0.4, 0.5) is 11.4 Å². The van der Waals surface area contributed by atoms with Gasteiger partial charge in [-0.2, -0.15) is 5.26 Å². The number of hydrogen-bond acceptors (Lipinski definition) is 4. The lowest BCUT2D eigenvalue weighted by atomic mass is 10.1. The van der Waals surface area contributed by atoms with Gasteiger partial charge in [-0.3, -0.25) is 0 Å². The molecule has 2 rings (SSSR count). The molecule has 0 aliphatic rings. The van der Waals surface area contributed by atoms with E-state index in [1.807, 2.05) is 24.3 Å². The molecule has 102 valence electrons.